The van der Waals surface area contributed by atoms with Crippen LogP contribution in [0.1, 0.15) is 27.2 Å². The van der Waals surface area contributed by atoms with Gasteiger partial charge in [-0.05, 0) is 18.8 Å². The lowest BCUT2D eigenvalue weighted by atomic mass is 9.90. The van der Waals surface area contributed by atoms with Gasteiger partial charge in [0.05, 0.1) is 6.61 Å². The second kappa shape index (κ2) is 8.21. The van der Waals surface area contributed by atoms with E-state index in [1.165, 1.54) is 0 Å². The van der Waals surface area contributed by atoms with Gasteiger partial charge in [0.25, 0.3) is 0 Å². The molecule has 0 saturated heterocycles. The van der Waals surface area contributed by atoms with Gasteiger partial charge in [-0.2, -0.15) is 0 Å². The van der Waals surface area contributed by atoms with Gasteiger partial charge in [-0.1, -0.05) is 13.8 Å². The highest BCUT2D eigenvalue weighted by Gasteiger charge is 2.16. The average molecular weight is 203 g/mol. The molecular formula is C11H25NO2. The summed E-state index contributed by atoms with van der Waals surface area (Å²) >= 11 is 0. The standard InChI is InChI=1S/C11H25NO2/c1-5-14-8-6-11(2,3)10-12-7-9-13-4/h12H,5-10H2,1-4H3. The maximum Gasteiger partial charge on any atom is 0.0587 e. The van der Waals surface area contributed by atoms with Crippen LogP contribution in [0.3, 0.4) is 0 Å². The lowest BCUT2D eigenvalue weighted by Gasteiger charge is -2.24. The van der Waals surface area contributed by atoms with Crippen molar-refractivity contribution in [2.45, 2.75) is 27.2 Å². The zero-order valence-electron chi connectivity index (χ0n) is 10.1. The Kier molecular flexibility index (Phi) is 8.14. The fourth-order valence-corrected chi connectivity index (χ4v) is 1.18. The van der Waals surface area contributed by atoms with Crippen LogP contribution in [0.2, 0.25) is 0 Å². The molecule has 0 amide bonds. The van der Waals surface area contributed by atoms with Crippen LogP contribution in [0, 0.1) is 5.41 Å². The molecule has 0 bridgehead atoms. The summed E-state index contributed by atoms with van der Waals surface area (Å²) in [5.74, 6) is 0. The van der Waals surface area contributed by atoms with Gasteiger partial charge in [-0.3, -0.25) is 0 Å². The van der Waals surface area contributed by atoms with Crippen LogP contribution in [-0.4, -0.2) is 40.0 Å². The van der Waals surface area contributed by atoms with Crippen molar-refractivity contribution in [2.24, 2.45) is 5.41 Å². The minimum atomic E-state index is 0.308. The summed E-state index contributed by atoms with van der Waals surface area (Å²) < 4.78 is 10.3. The van der Waals surface area contributed by atoms with Gasteiger partial charge in [-0.15, -0.1) is 0 Å². The van der Waals surface area contributed by atoms with Crippen molar-refractivity contribution in [3.63, 3.8) is 0 Å². The molecule has 0 aliphatic rings. The topological polar surface area (TPSA) is 30.5 Å². The number of nitrogens with one attached hydrogen (secondary N) is 1. The third-order valence-electron chi connectivity index (χ3n) is 2.21. The van der Waals surface area contributed by atoms with Gasteiger partial charge in [-0.25, -0.2) is 0 Å². The second-order valence-corrected chi connectivity index (χ2v) is 4.28. The van der Waals surface area contributed by atoms with E-state index in [2.05, 4.69) is 19.2 Å². The third kappa shape index (κ3) is 8.48. The largest absolute Gasteiger partial charge is 0.383 e. The average Bonchev–Trinajstić information content (AvgIpc) is 2.13. The molecule has 0 aliphatic heterocycles. The molecule has 3 nitrogen and oxygen atoms in total. The van der Waals surface area contributed by atoms with E-state index in [9.17, 15) is 0 Å². The van der Waals surface area contributed by atoms with Crippen LogP contribution < -0.4 is 5.32 Å². The molecule has 0 aromatic rings. The Morgan fingerprint density at radius 3 is 2.50 bits per heavy atom. The summed E-state index contributed by atoms with van der Waals surface area (Å²) in [6.07, 6.45) is 1.10. The Morgan fingerprint density at radius 1 is 1.21 bits per heavy atom. The first-order chi connectivity index (χ1) is 6.62. The van der Waals surface area contributed by atoms with Crippen molar-refractivity contribution < 1.29 is 9.47 Å². The van der Waals surface area contributed by atoms with E-state index in [0.29, 0.717) is 5.41 Å². The minimum absolute atomic E-state index is 0.308. The van der Waals surface area contributed by atoms with Crippen molar-refractivity contribution >= 4 is 0 Å². The molecule has 3 heteroatoms. The first-order valence-corrected chi connectivity index (χ1v) is 5.40. The summed E-state index contributed by atoms with van der Waals surface area (Å²) in [6.45, 7) is 10.9. The number of methoxy groups -OCH3 is 1. The molecule has 0 spiro atoms. The summed E-state index contributed by atoms with van der Waals surface area (Å²) in [5.41, 5.74) is 0.308. The van der Waals surface area contributed by atoms with Gasteiger partial charge in [0.1, 0.15) is 0 Å². The van der Waals surface area contributed by atoms with Crippen molar-refractivity contribution in [3.05, 3.63) is 0 Å². The second-order valence-electron chi connectivity index (χ2n) is 4.28. The fraction of sp³-hybridized carbons (Fsp3) is 1.00. The van der Waals surface area contributed by atoms with Gasteiger partial charge in [0.2, 0.25) is 0 Å². The molecule has 0 heterocycles. The Hall–Kier alpha value is -0.120. The van der Waals surface area contributed by atoms with Crippen LogP contribution in [0.4, 0.5) is 0 Å². The summed E-state index contributed by atoms with van der Waals surface area (Å²) in [4.78, 5) is 0. The molecule has 0 unspecified atom stereocenters. The molecule has 1 N–H and O–H groups in total. The van der Waals surface area contributed by atoms with Crippen LogP contribution in [-0.2, 0) is 9.47 Å². The maximum absolute atomic E-state index is 5.34. The van der Waals surface area contributed by atoms with Crippen molar-refractivity contribution in [2.75, 3.05) is 40.0 Å². The van der Waals surface area contributed by atoms with Crippen molar-refractivity contribution in [1.29, 1.82) is 0 Å². The minimum Gasteiger partial charge on any atom is -0.383 e. The van der Waals surface area contributed by atoms with Gasteiger partial charge in [0, 0.05) is 33.4 Å². The zero-order valence-corrected chi connectivity index (χ0v) is 10.1. The first-order valence-electron chi connectivity index (χ1n) is 5.40. The molecule has 0 aromatic carbocycles. The quantitative estimate of drug-likeness (QED) is 0.578. The Bertz CT molecular complexity index is 126. The SMILES string of the molecule is CCOCCC(C)(C)CNCCOC. The predicted octanol–water partition coefficient (Wildman–Crippen LogP) is 1.68. The van der Waals surface area contributed by atoms with Crippen LogP contribution in [0.25, 0.3) is 0 Å². The van der Waals surface area contributed by atoms with Gasteiger partial charge >= 0.3 is 0 Å². The highest BCUT2D eigenvalue weighted by atomic mass is 16.5. The monoisotopic (exact) mass is 203 g/mol. The highest BCUT2D eigenvalue weighted by molar-refractivity contribution is 4.71. The van der Waals surface area contributed by atoms with E-state index in [-0.39, 0.29) is 0 Å². The van der Waals surface area contributed by atoms with Crippen molar-refractivity contribution in [1.82, 2.24) is 5.32 Å². The van der Waals surface area contributed by atoms with E-state index in [4.69, 9.17) is 9.47 Å². The lowest BCUT2D eigenvalue weighted by molar-refractivity contribution is 0.112. The normalized spacial score (nSPS) is 12.0. The zero-order chi connectivity index (χ0) is 10.9. The molecule has 0 radical (unpaired) electrons. The summed E-state index contributed by atoms with van der Waals surface area (Å²) in [5, 5.41) is 3.37. The lowest BCUT2D eigenvalue weighted by Crippen LogP contribution is -2.32. The molecule has 0 saturated carbocycles. The van der Waals surface area contributed by atoms with E-state index < -0.39 is 0 Å². The molecular weight excluding hydrogens is 178 g/mol. The predicted molar refractivity (Wildman–Crippen MR) is 59.6 cm³/mol. The Morgan fingerprint density at radius 2 is 1.93 bits per heavy atom. The van der Waals surface area contributed by atoms with Crippen LogP contribution in [0.5, 0.6) is 0 Å². The van der Waals surface area contributed by atoms with Gasteiger partial charge < -0.3 is 14.8 Å². The summed E-state index contributed by atoms with van der Waals surface area (Å²) in [6, 6.07) is 0. The molecule has 0 fully saturated rings. The highest BCUT2D eigenvalue weighted by Crippen LogP contribution is 2.18. The Labute approximate surface area is 88.2 Å². The molecule has 14 heavy (non-hydrogen) atoms. The molecule has 0 aliphatic carbocycles. The van der Waals surface area contributed by atoms with E-state index >= 15 is 0 Å². The Balaban J connectivity index is 3.40. The maximum atomic E-state index is 5.34. The number of hydrogen-bond acceptors (Lipinski definition) is 3. The number of hydrogen-bond donors (Lipinski definition) is 1. The number of rotatable bonds is 9. The molecule has 0 atom stereocenters. The summed E-state index contributed by atoms with van der Waals surface area (Å²) in [7, 11) is 1.72. The molecule has 0 rings (SSSR count). The van der Waals surface area contributed by atoms with Crippen LogP contribution >= 0.6 is 0 Å². The third-order valence-corrected chi connectivity index (χ3v) is 2.21. The van der Waals surface area contributed by atoms with Crippen LogP contribution in [0.15, 0.2) is 0 Å². The smallest absolute Gasteiger partial charge is 0.0587 e. The van der Waals surface area contributed by atoms with Gasteiger partial charge in [0.15, 0.2) is 0 Å². The van der Waals surface area contributed by atoms with Crippen molar-refractivity contribution in [3.8, 4) is 0 Å². The first kappa shape index (κ1) is 13.9. The van der Waals surface area contributed by atoms with E-state index in [1.807, 2.05) is 6.92 Å². The molecule has 0 aromatic heterocycles. The van der Waals surface area contributed by atoms with E-state index in [0.717, 1.165) is 39.3 Å². The van der Waals surface area contributed by atoms with E-state index in [1.54, 1.807) is 7.11 Å². The number of ether oxygens (including phenoxy) is 2. The molecule has 86 valence electrons. The fourth-order valence-electron chi connectivity index (χ4n) is 1.18.